The third-order valence-corrected chi connectivity index (χ3v) is 2.61. The van der Waals surface area contributed by atoms with E-state index in [9.17, 15) is 9.59 Å². The summed E-state index contributed by atoms with van der Waals surface area (Å²) in [7, 11) is 0. The van der Waals surface area contributed by atoms with Gasteiger partial charge < -0.3 is 10.2 Å². The van der Waals surface area contributed by atoms with Crippen LogP contribution in [0.25, 0.3) is 10.3 Å². The van der Waals surface area contributed by atoms with Crippen LogP contribution in [0.4, 0.5) is 0 Å². The van der Waals surface area contributed by atoms with Crippen molar-refractivity contribution in [2.75, 3.05) is 0 Å². The molecule has 0 saturated heterocycles. The molecule has 6 nitrogen and oxygen atoms in total. The van der Waals surface area contributed by atoms with Crippen molar-refractivity contribution in [3.8, 4) is 0 Å². The Morgan fingerprint density at radius 2 is 1.87 bits per heavy atom. The van der Waals surface area contributed by atoms with Crippen LogP contribution in [0.5, 0.6) is 0 Å². The first-order valence-electron chi connectivity index (χ1n) is 3.82. The Morgan fingerprint density at radius 1 is 1.13 bits per heavy atom. The molecule has 15 heavy (non-hydrogen) atoms. The quantitative estimate of drug-likeness (QED) is 0.791. The van der Waals surface area contributed by atoms with Crippen molar-refractivity contribution in [1.29, 1.82) is 0 Å². The summed E-state index contributed by atoms with van der Waals surface area (Å²) in [5, 5.41) is 17.2. The number of fused-ring (bicyclic) bond motifs is 1. The largest absolute Gasteiger partial charge is 0.477 e. The Labute approximate surface area is 86.8 Å². The topological polar surface area (TPSA) is 100 Å². The molecule has 0 aromatic carbocycles. The summed E-state index contributed by atoms with van der Waals surface area (Å²) < 4.78 is 0. The monoisotopic (exact) mass is 224 g/mol. The number of thiazole rings is 1. The van der Waals surface area contributed by atoms with Gasteiger partial charge in [0.05, 0.1) is 0 Å². The molecule has 2 aromatic rings. The van der Waals surface area contributed by atoms with Crippen molar-refractivity contribution in [2.24, 2.45) is 0 Å². The third-order valence-electron chi connectivity index (χ3n) is 1.66. The molecule has 2 aromatic heterocycles. The minimum absolute atomic E-state index is 0.0972. The minimum Gasteiger partial charge on any atom is -0.477 e. The first-order valence-corrected chi connectivity index (χ1v) is 4.64. The number of rotatable bonds is 2. The molecule has 0 amide bonds. The maximum Gasteiger partial charge on any atom is 0.365 e. The highest BCUT2D eigenvalue weighted by Crippen LogP contribution is 2.20. The Hall–Kier alpha value is -2.02. The van der Waals surface area contributed by atoms with Crippen LogP contribution in [0, 0.1) is 0 Å². The molecule has 0 radical (unpaired) electrons. The van der Waals surface area contributed by atoms with E-state index in [-0.39, 0.29) is 10.7 Å². The molecule has 2 N–H and O–H groups in total. The summed E-state index contributed by atoms with van der Waals surface area (Å²) in [6.45, 7) is 0. The second-order valence-corrected chi connectivity index (χ2v) is 3.63. The first-order chi connectivity index (χ1) is 7.08. The molecule has 7 heteroatoms. The fourth-order valence-corrected chi connectivity index (χ4v) is 1.80. The summed E-state index contributed by atoms with van der Waals surface area (Å²) in [6, 6.07) is 2.73. The van der Waals surface area contributed by atoms with E-state index in [1.807, 2.05) is 0 Å². The zero-order valence-electron chi connectivity index (χ0n) is 7.17. The van der Waals surface area contributed by atoms with Crippen molar-refractivity contribution in [3.05, 3.63) is 22.8 Å². The normalized spacial score (nSPS) is 10.4. The van der Waals surface area contributed by atoms with Gasteiger partial charge in [0.15, 0.2) is 0 Å². The smallest absolute Gasteiger partial charge is 0.365 e. The van der Waals surface area contributed by atoms with E-state index in [1.54, 1.807) is 0 Å². The van der Waals surface area contributed by atoms with Gasteiger partial charge in [-0.15, -0.1) is 0 Å². The molecule has 2 heterocycles. The predicted octanol–water partition coefficient (Wildman–Crippen LogP) is 1.09. The lowest BCUT2D eigenvalue weighted by molar-refractivity contribution is 0.0682. The van der Waals surface area contributed by atoms with Gasteiger partial charge in [0, 0.05) is 0 Å². The number of pyridine rings is 1. The number of aromatic carboxylic acids is 2. The maximum atomic E-state index is 10.6. The summed E-state index contributed by atoms with van der Waals surface area (Å²) in [4.78, 5) is 29.0. The number of hydrogen-bond donors (Lipinski definition) is 2. The second-order valence-electron chi connectivity index (χ2n) is 2.65. The van der Waals surface area contributed by atoms with E-state index < -0.39 is 11.9 Å². The summed E-state index contributed by atoms with van der Waals surface area (Å²) in [6.07, 6.45) is 0. The number of carbonyl (C=O) groups is 2. The van der Waals surface area contributed by atoms with Gasteiger partial charge in [0.1, 0.15) is 16.0 Å². The average molecular weight is 224 g/mol. The van der Waals surface area contributed by atoms with Crippen LogP contribution in [0.1, 0.15) is 20.3 Å². The van der Waals surface area contributed by atoms with E-state index in [2.05, 4.69) is 9.97 Å². The maximum absolute atomic E-state index is 10.6. The number of nitrogens with zero attached hydrogens (tertiary/aromatic N) is 2. The first kappa shape index (κ1) is 9.53. The lowest BCUT2D eigenvalue weighted by Crippen LogP contribution is -1.98. The van der Waals surface area contributed by atoms with Gasteiger partial charge in [-0.2, -0.15) is 0 Å². The Bertz CT molecular complexity index is 551. The standard InChI is InChI=1S/C8H4N2O4S/c11-7(12)4-2-1-3-5(10-4)15-6(9-3)8(13)14/h1-2H,(H,11,12)(H,13,14). The van der Waals surface area contributed by atoms with Crippen molar-refractivity contribution in [3.63, 3.8) is 0 Å². The lowest BCUT2D eigenvalue weighted by atomic mass is 10.3. The molecule has 0 aliphatic heterocycles. The van der Waals surface area contributed by atoms with Crippen molar-refractivity contribution < 1.29 is 19.8 Å². The van der Waals surface area contributed by atoms with E-state index >= 15 is 0 Å². The number of carboxylic acid groups (broad SMARTS) is 2. The van der Waals surface area contributed by atoms with Gasteiger partial charge in [-0.1, -0.05) is 11.3 Å². The number of aromatic nitrogens is 2. The van der Waals surface area contributed by atoms with E-state index in [0.717, 1.165) is 11.3 Å². The van der Waals surface area contributed by atoms with Crippen LogP contribution in [-0.4, -0.2) is 32.1 Å². The van der Waals surface area contributed by atoms with E-state index in [0.29, 0.717) is 10.3 Å². The lowest BCUT2D eigenvalue weighted by Gasteiger charge is -1.90. The van der Waals surface area contributed by atoms with Crippen LogP contribution < -0.4 is 0 Å². The summed E-state index contributed by atoms with van der Waals surface area (Å²) in [5.74, 6) is -2.29. The van der Waals surface area contributed by atoms with E-state index in [4.69, 9.17) is 10.2 Å². The molecular formula is C8H4N2O4S. The highest BCUT2D eigenvalue weighted by Gasteiger charge is 2.13. The fraction of sp³-hybridized carbons (Fsp3) is 0. The van der Waals surface area contributed by atoms with Crippen LogP contribution in [0.15, 0.2) is 12.1 Å². The molecule has 0 aliphatic rings. The van der Waals surface area contributed by atoms with E-state index in [1.165, 1.54) is 12.1 Å². The Balaban J connectivity index is 2.62. The third kappa shape index (κ3) is 1.64. The molecule has 76 valence electrons. The minimum atomic E-state index is -1.15. The van der Waals surface area contributed by atoms with Gasteiger partial charge >= 0.3 is 11.9 Å². The van der Waals surface area contributed by atoms with Crippen LogP contribution >= 0.6 is 11.3 Å². The Kier molecular flexibility index (Phi) is 2.09. The van der Waals surface area contributed by atoms with Crippen molar-refractivity contribution in [2.45, 2.75) is 0 Å². The van der Waals surface area contributed by atoms with Gasteiger partial charge in [0.25, 0.3) is 0 Å². The highest BCUT2D eigenvalue weighted by atomic mass is 32.1. The van der Waals surface area contributed by atoms with Gasteiger partial charge in [-0.3, -0.25) is 0 Å². The molecule has 0 bridgehead atoms. The SMILES string of the molecule is O=C(O)c1ccc2nc(C(=O)O)sc2n1. The van der Waals surface area contributed by atoms with Crippen molar-refractivity contribution in [1.82, 2.24) is 9.97 Å². The molecule has 2 rings (SSSR count). The van der Waals surface area contributed by atoms with Crippen molar-refractivity contribution >= 4 is 33.6 Å². The summed E-state index contributed by atoms with van der Waals surface area (Å²) in [5.41, 5.74) is 0.269. The molecule has 0 fully saturated rings. The Morgan fingerprint density at radius 3 is 2.47 bits per heavy atom. The van der Waals surface area contributed by atoms with Crippen LogP contribution in [0.3, 0.4) is 0 Å². The molecule has 0 unspecified atom stereocenters. The van der Waals surface area contributed by atoms with Gasteiger partial charge in [0.2, 0.25) is 5.01 Å². The molecule has 0 spiro atoms. The predicted molar refractivity (Wildman–Crippen MR) is 51.3 cm³/mol. The number of carboxylic acids is 2. The average Bonchev–Trinajstić information content (AvgIpc) is 2.59. The highest BCUT2D eigenvalue weighted by molar-refractivity contribution is 7.19. The molecular weight excluding hydrogens is 220 g/mol. The van der Waals surface area contributed by atoms with Gasteiger partial charge in [-0.25, -0.2) is 19.6 Å². The fourth-order valence-electron chi connectivity index (χ4n) is 1.03. The zero-order valence-corrected chi connectivity index (χ0v) is 7.98. The second kappa shape index (κ2) is 3.28. The molecule has 0 saturated carbocycles. The number of hydrogen-bond acceptors (Lipinski definition) is 5. The summed E-state index contributed by atoms with van der Waals surface area (Å²) >= 11 is 0.852. The van der Waals surface area contributed by atoms with Crippen LogP contribution in [0.2, 0.25) is 0 Å². The van der Waals surface area contributed by atoms with Crippen LogP contribution in [-0.2, 0) is 0 Å². The van der Waals surface area contributed by atoms with Gasteiger partial charge in [-0.05, 0) is 12.1 Å². The zero-order chi connectivity index (χ0) is 11.0. The molecule has 0 aliphatic carbocycles. The molecule has 0 atom stereocenters.